The highest BCUT2D eigenvalue weighted by atomic mass is 127. The topological polar surface area (TPSA) is 56.9 Å². The number of nitrogens with one attached hydrogen (secondary N) is 1. The maximum Gasteiger partial charge on any atom is 0.226 e. The Morgan fingerprint density at radius 2 is 1.73 bits per heavy atom. The summed E-state index contributed by atoms with van der Waals surface area (Å²) in [5.74, 6) is 1.55. The van der Waals surface area contributed by atoms with Crippen LogP contribution in [0.25, 0.3) is 11.5 Å². The zero-order chi connectivity index (χ0) is 20.1. The third kappa shape index (κ3) is 5.33. The highest BCUT2D eigenvalue weighted by Crippen LogP contribution is 2.19. The Bertz CT molecular complexity index is 947. The SMILES string of the molecule is CN=C(NCc1coc(-c2ccc(C)cc2)n1)N1CCN(c2ccccc2)CC1.I. The minimum atomic E-state index is 0. The number of guanidine groups is 1. The Morgan fingerprint density at radius 1 is 1.03 bits per heavy atom. The molecule has 1 saturated heterocycles. The predicted molar refractivity (Wildman–Crippen MR) is 133 cm³/mol. The average molecular weight is 517 g/mol. The average Bonchev–Trinajstić information content (AvgIpc) is 3.25. The molecule has 0 saturated carbocycles. The fraction of sp³-hybridized carbons (Fsp3) is 0.304. The molecule has 3 aromatic rings. The third-order valence-electron chi connectivity index (χ3n) is 5.19. The fourth-order valence-electron chi connectivity index (χ4n) is 3.53. The quantitative estimate of drug-likeness (QED) is 0.320. The van der Waals surface area contributed by atoms with Gasteiger partial charge in [-0.2, -0.15) is 0 Å². The first kappa shape index (κ1) is 22.1. The fourth-order valence-corrected chi connectivity index (χ4v) is 3.53. The van der Waals surface area contributed by atoms with Gasteiger partial charge in [0.05, 0.1) is 12.2 Å². The van der Waals surface area contributed by atoms with E-state index in [0.29, 0.717) is 12.4 Å². The van der Waals surface area contributed by atoms with Gasteiger partial charge in [0.15, 0.2) is 5.96 Å². The van der Waals surface area contributed by atoms with E-state index < -0.39 is 0 Å². The van der Waals surface area contributed by atoms with Crippen molar-refractivity contribution < 1.29 is 4.42 Å². The molecule has 30 heavy (non-hydrogen) atoms. The summed E-state index contributed by atoms with van der Waals surface area (Å²) in [4.78, 5) is 13.8. The zero-order valence-electron chi connectivity index (χ0n) is 17.4. The molecule has 7 heteroatoms. The number of aliphatic imine (C=N–C) groups is 1. The summed E-state index contributed by atoms with van der Waals surface area (Å²) in [6, 6.07) is 18.8. The summed E-state index contributed by atoms with van der Waals surface area (Å²) in [6.07, 6.45) is 1.71. The van der Waals surface area contributed by atoms with Gasteiger partial charge >= 0.3 is 0 Å². The summed E-state index contributed by atoms with van der Waals surface area (Å²) in [5, 5.41) is 3.42. The van der Waals surface area contributed by atoms with Crippen molar-refractivity contribution in [3.63, 3.8) is 0 Å². The van der Waals surface area contributed by atoms with Crippen molar-refractivity contribution in [1.29, 1.82) is 0 Å². The maximum atomic E-state index is 5.65. The number of nitrogens with zero attached hydrogens (tertiary/aromatic N) is 4. The molecule has 0 amide bonds. The van der Waals surface area contributed by atoms with E-state index in [1.165, 1.54) is 11.3 Å². The van der Waals surface area contributed by atoms with E-state index in [4.69, 9.17) is 4.42 Å². The molecule has 158 valence electrons. The molecule has 0 bridgehead atoms. The van der Waals surface area contributed by atoms with Crippen LogP contribution < -0.4 is 10.2 Å². The van der Waals surface area contributed by atoms with Gasteiger partial charge in [0.2, 0.25) is 5.89 Å². The lowest BCUT2D eigenvalue weighted by Crippen LogP contribution is -2.52. The van der Waals surface area contributed by atoms with Crippen LogP contribution in [-0.4, -0.2) is 49.1 Å². The lowest BCUT2D eigenvalue weighted by Gasteiger charge is -2.37. The van der Waals surface area contributed by atoms with Crippen LogP contribution in [0.3, 0.4) is 0 Å². The van der Waals surface area contributed by atoms with Crippen molar-refractivity contribution in [3.05, 3.63) is 72.1 Å². The van der Waals surface area contributed by atoms with Crippen LogP contribution >= 0.6 is 24.0 Å². The summed E-state index contributed by atoms with van der Waals surface area (Å²) >= 11 is 0. The van der Waals surface area contributed by atoms with Crippen LogP contribution in [0.4, 0.5) is 5.69 Å². The van der Waals surface area contributed by atoms with E-state index in [-0.39, 0.29) is 24.0 Å². The molecule has 2 heterocycles. The first-order valence-corrected chi connectivity index (χ1v) is 10.00. The van der Waals surface area contributed by atoms with E-state index >= 15 is 0 Å². The third-order valence-corrected chi connectivity index (χ3v) is 5.19. The lowest BCUT2D eigenvalue weighted by molar-refractivity contribution is 0.372. The number of aromatic nitrogens is 1. The Hall–Kier alpha value is -2.55. The number of hydrogen-bond donors (Lipinski definition) is 1. The van der Waals surface area contributed by atoms with E-state index in [9.17, 15) is 0 Å². The van der Waals surface area contributed by atoms with Gasteiger partial charge in [-0.1, -0.05) is 35.9 Å². The van der Waals surface area contributed by atoms with E-state index in [1.807, 2.05) is 19.2 Å². The second-order valence-electron chi connectivity index (χ2n) is 7.22. The molecule has 1 N–H and O–H groups in total. The van der Waals surface area contributed by atoms with Gasteiger partial charge in [-0.15, -0.1) is 24.0 Å². The monoisotopic (exact) mass is 517 g/mol. The minimum Gasteiger partial charge on any atom is -0.444 e. The largest absolute Gasteiger partial charge is 0.444 e. The number of oxazole rings is 1. The molecule has 0 spiro atoms. The molecule has 2 aromatic carbocycles. The summed E-state index contributed by atoms with van der Waals surface area (Å²) < 4.78 is 5.65. The number of hydrogen-bond acceptors (Lipinski definition) is 4. The molecule has 1 aromatic heterocycles. The van der Waals surface area contributed by atoms with Crippen molar-refractivity contribution in [3.8, 4) is 11.5 Å². The van der Waals surface area contributed by atoms with Crippen molar-refractivity contribution >= 4 is 35.6 Å². The lowest BCUT2D eigenvalue weighted by atomic mass is 10.1. The molecule has 1 fully saturated rings. The Balaban J connectivity index is 0.00000256. The number of benzene rings is 2. The molecular weight excluding hydrogens is 489 g/mol. The molecule has 6 nitrogen and oxygen atoms in total. The number of halogens is 1. The van der Waals surface area contributed by atoms with Crippen molar-refractivity contribution in [2.75, 3.05) is 38.1 Å². The normalized spacial score (nSPS) is 14.4. The highest BCUT2D eigenvalue weighted by molar-refractivity contribution is 14.0. The molecule has 4 rings (SSSR count). The number of para-hydroxylation sites is 1. The van der Waals surface area contributed by atoms with Gasteiger partial charge in [0.1, 0.15) is 6.26 Å². The van der Waals surface area contributed by atoms with Crippen molar-refractivity contribution in [2.45, 2.75) is 13.5 Å². The van der Waals surface area contributed by atoms with Crippen LogP contribution in [0.15, 0.2) is 70.3 Å². The van der Waals surface area contributed by atoms with Crippen molar-refractivity contribution in [1.82, 2.24) is 15.2 Å². The highest BCUT2D eigenvalue weighted by Gasteiger charge is 2.20. The van der Waals surface area contributed by atoms with Crippen LogP contribution in [0.1, 0.15) is 11.3 Å². The number of rotatable bonds is 4. The smallest absolute Gasteiger partial charge is 0.226 e. The molecule has 0 aliphatic carbocycles. The molecule has 0 unspecified atom stereocenters. The first-order valence-electron chi connectivity index (χ1n) is 10.00. The Kier molecular flexibility index (Phi) is 7.73. The van der Waals surface area contributed by atoms with E-state index in [0.717, 1.165) is 43.4 Å². The van der Waals surface area contributed by atoms with E-state index in [1.54, 1.807) is 6.26 Å². The molecule has 0 atom stereocenters. The van der Waals surface area contributed by atoms with Gasteiger partial charge in [0, 0.05) is 44.5 Å². The van der Waals surface area contributed by atoms with Crippen LogP contribution in [0.5, 0.6) is 0 Å². The van der Waals surface area contributed by atoms with Crippen molar-refractivity contribution in [2.24, 2.45) is 4.99 Å². The van der Waals surface area contributed by atoms with Gasteiger partial charge < -0.3 is 19.5 Å². The van der Waals surface area contributed by atoms with Crippen LogP contribution in [0, 0.1) is 6.92 Å². The van der Waals surface area contributed by atoms with Gasteiger partial charge in [-0.25, -0.2) is 4.98 Å². The predicted octanol–water partition coefficient (Wildman–Crippen LogP) is 4.17. The van der Waals surface area contributed by atoms with Gasteiger partial charge in [-0.05, 0) is 31.2 Å². The van der Waals surface area contributed by atoms with Gasteiger partial charge in [0.25, 0.3) is 0 Å². The second-order valence-corrected chi connectivity index (χ2v) is 7.22. The second kappa shape index (κ2) is 10.5. The van der Waals surface area contributed by atoms with E-state index in [2.05, 4.69) is 74.5 Å². The first-order chi connectivity index (χ1) is 14.2. The molecule has 0 radical (unpaired) electrons. The minimum absolute atomic E-state index is 0. The van der Waals surface area contributed by atoms with Gasteiger partial charge in [-0.3, -0.25) is 4.99 Å². The van der Waals surface area contributed by atoms with Crippen LogP contribution in [0.2, 0.25) is 0 Å². The Morgan fingerprint density at radius 3 is 2.40 bits per heavy atom. The zero-order valence-corrected chi connectivity index (χ0v) is 19.7. The Labute approximate surface area is 195 Å². The molecule has 1 aliphatic heterocycles. The standard InChI is InChI=1S/C23H27N5O.HI/c1-18-8-10-19(11-9-18)22-26-20(17-29-22)16-25-23(24-2)28-14-12-27(13-15-28)21-6-4-3-5-7-21;/h3-11,17H,12-16H2,1-2H3,(H,24,25);1H. The number of aryl methyl sites for hydroxylation is 1. The summed E-state index contributed by atoms with van der Waals surface area (Å²) in [5.41, 5.74) is 4.35. The number of piperazine rings is 1. The molecule has 1 aliphatic rings. The molecular formula is C23H28IN5O. The number of anilines is 1. The summed E-state index contributed by atoms with van der Waals surface area (Å²) in [6.45, 7) is 6.48. The maximum absolute atomic E-state index is 5.65. The summed E-state index contributed by atoms with van der Waals surface area (Å²) in [7, 11) is 1.83. The van der Waals surface area contributed by atoms with Crippen LogP contribution in [-0.2, 0) is 6.54 Å².